The van der Waals surface area contributed by atoms with Gasteiger partial charge in [0.2, 0.25) is 0 Å². The maximum atomic E-state index is 12.2. The van der Waals surface area contributed by atoms with Gasteiger partial charge in [0, 0.05) is 19.1 Å². The third kappa shape index (κ3) is 3.35. The van der Waals surface area contributed by atoms with Gasteiger partial charge in [-0.3, -0.25) is 9.48 Å². The summed E-state index contributed by atoms with van der Waals surface area (Å²) >= 11 is 0. The van der Waals surface area contributed by atoms with Crippen LogP contribution in [0.25, 0.3) is 0 Å². The molecule has 0 spiro atoms. The number of aryl methyl sites for hydroxylation is 2. The van der Waals surface area contributed by atoms with Gasteiger partial charge < -0.3 is 10.6 Å². The van der Waals surface area contributed by atoms with Gasteiger partial charge in [-0.15, -0.1) is 0 Å². The summed E-state index contributed by atoms with van der Waals surface area (Å²) < 4.78 is 1.67. The molecule has 19 heavy (non-hydrogen) atoms. The number of nitrogens with one attached hydrogen (secondary N) is 2. The molecular formula is C14H24N4O. The highest BCUT2D eigenvalue weighted by Gasteiger charge is 2.22. The molecular weight excluding hydrogens is 240 g/mol. The van der Waals surface area contributed by atoms with Gasteiger partial charge in [0.25, 0.3) is 5.91 Å². The molecule has 0 atom stereocenters. The van der Waals surface area contributed by atoms with Crippen LogP contribution in [0.2, 0.25) is 0 Å². The highest BCUT2D eigenvalue weighted by Crippen LogP contribution is 2.18. The zero-order chi connectivity index (χ0) is 13.8. The van der Waals surface area contributed by atoms with Crippen molar-refractivity contribution in [3.63, 3.8) is 0 Å². The van der Waals surface area contributed by atoms with E-state index in [0.29, 0.717) is 17.8 Å². The number of amides is 1. The second kappa shape index (κ2) is 6.19. The molecule has 1 amide bonds. The number of rotatable bonds is 4. The lowest BCUT2D eigenvalue weighted by Crippen LogP contribution is -2.41. The van der Waals surface area contributed by atoms with Crippen molar-refractivity contribution >= 4 is 5.91 Å². The molecule has 106 valence electrons. The summed E-state index contributed by atoms with van der Waals surface area (Å²) in [5.41, 5.74) is 1.62. The number of carbonyl (C=O) groups is 1. The fourth-order valence-corrected chi connectivity index (χ4v) is 2.70. The van der Waals surface area contributed by atoms with E-state index in [1.54, 1.807) is 4.68 Å². The van der Waals surface area contributed by atoms with Crippen LogP contribution in [0.5, 0.6) is 0 Å². The summed E-state index contributed by atoms with van der Waals surface area (Å²) in [6.07, 6.45) is 5.22. The number of aromatic nitrogens is 2. The van der Waals surface area contributed by atoms with Crippen molar-refractivity contribution in [1.29, 1.82) is 0 Å². The van der Waals surface area contributed by atoms with E-state index in [4.69, 9.17) is 0 Å². The lowest BCUT2D eigenvalue weighted by atomic mass is 9.91. The van der Waals surface area contributed by atoms with E-state index in [0.717, 1.165) is 37.8 Å². The topological polar surface area (TPSA) is 59.0 Å². The fourth-order valence-electron chi connectivity index (χ4n) is 2.70. The lowest BCUT2D eigenvalue weighted by molar-refractivity contribution is 0.0915. The second-order valence-electron chi connectivity index (χ2n) is 5.31. The van der Waals surface area contributed by atoms with Gasteiger partial charge in [-0.2, -0.15) is 5.10 Å². The van der Waals surface area contributed by atoms with Gasteiger partial charge in [-0.1, -0.05) is 6.92 Å². The molecule has 1 fully saturated rings. The summed E-state index contributed by atoms with van der Waals surface area (Å²) in [7, 11) is 3.83. The van der Waals surface area contributed by atoms with Gasteiger partial charge in [0.05, 0.1) is 5.69 Å². The SMILES string of the molecule is CCc1cc(C(=O)NC2CCC(NC)CC2)n(C)n1. The first-order valence-electron chi connectivity index (χ1n) is 7.15. The summed E-state index contributed by atoms with van der Waals surface area (Å²) in [5.74, 6) is 0.00241. The molecule has 1 heterocycles. The molecule has 1 aliphatic carbocycles. The Hall–Kier alpha value is -1.36. The standard InChI is InChI=1S/C14H24N4O/c1-4-10-9-13(18(3)17-10)14(19)16-12-7-5-11(15-2)6-8-12/h9,11-12,15H,4-8H2,1-3H3,(H,16,19). The van der Waals surface area contributed by atoms with Crippen molar-refractivity contribution in [2.45, 2.75) is 51.1 Å². The maximum absolute atomic E-state index is 12.2. The van der Waals surface area contributed by atoms with Gasteiger partial charge in [-0.25, -0.2) is 0 Å². The van der Waals surface area contributed by atoms with Crippen molar-refractivity contribution in [2.24, 2.45) is 7.05 Å². The van der Waals surface area contributed by atoms with E-state index in [9.17, 15) is 4.79 Å². The zero-order valence-corrected chi connectivity index (χ0v) is 12.1. The third-order valence-electron chi connectivity index (χ3n) is 4.00. The first kappa shape index (κ1) is 14.1. The summed E-state index contributed by atoms with van der Waals surface area (Å²) in [6.45, 7) is 2.04. The van der Waals surface area contributed by atoms with Crippen LogP contribution in [0.15, 0.2) is 6.07 Å². The summed E-state index contributed by atoms with van der Waals surface area (Å²) in [5, 5.41) is 10.7. The fraction of sp³-hybridized carbons (Fsp3) is 0.714. The van der Waals surface area contributed by atoms with Crippen molar-refractivity contribution in [3.8, 4) is 0 Å². The molecule has 0 radical (unpaired) electrons. The van der Waals surface area contributed by atoms with Crippen LogP contribution in [0.4, 0.5) is 0 Å². The van der Waals surface area contributed by atoms with Crippen molar-refractivity contribution in [3.05, 3.63) is 17.5 Å². The average Bonchev–Trinajstić information content (AvgIpc) is 2.81. The number of hydrogen-bond acceptors (Lipinski definition) is 3. The van der Waals surface area contributed by atoms with Crippen LogP contribution in [-0.4, -0.2) is 34.8 Å². The molecule has 2 N–H and O–H groups in total. The Labute approximate surface area is 114 Å². The molecule has 1 aromatic heterocycles. The average molecular weight is 264 g/mol. The molecule has 0 saturated heterocycles. The molecule has 5 heteroatoms. The Balaban J connectivity index is 1.92. The zero-order valence-electron chi connectivity index (χ0n) is 12.1. The van der Waals surface area contributed by atoms with Gasteiger partial charge in [-0.05, 0) is 45.2 Å². The number of hydrogen-bond donors (Lipinski definition) is 2. The first-order valence-corrected chi connectivity index (χ1v) is 7.15. The second-order valence-corrected chi connectivity index (χ2v) is 5.31. The molecule has 1 aliphatic rings. The first-order chi connectivity index (χ1) is 9.13. The largest absolute Gasteiger partial charge is 0.348 e. The van der Waals surface area contributed by atoms with E-state index >= 15 is 0 Å². The Morgan fingerprint density at radius 3 is 2.53 bits per heavy atom. The highest BCUT2D eigenvalue weighted by atomic mass is 16.2. The molecule has 2 rings (SSSR count). The van der Waals surface area contributed by atoms with Crippen LogP contribution in [0, 0.1) is 0 Å². The minimum atomic E-state index is 0.00241. The molecule has 1 saturated carbocycles. The van der Waals surface area contributed by atoms with Gasteiger partial charge >= 0.3 is 0 Å². The quantitative estimate of drug-likeness (QED) is 0.860. The Morgan fingerprint density at radius 2 is 2.00 bits per heavy atom. The molecule has 0 aromatic carbocycles. The van der Waals surface area contributed by atoms with E-state index < -0.39 is 0 Å². The Bertz CT molecular complexity index is 433. The van der Waals surface area contributed by atoms with Crippen LogP contribution < -0.4 is 10.6 Å². The lowest BCUT2D eigenvalue weighted by Gasteiger charge is -2.28. The van der Waals surface area contributed by atoms with E-state index in [-0.39, 0.29) is 5.91 Å². The molecule has 0 aliphatic heterocycles. The van der Waals surface area contributed by atoms with Gasteiger partial charge in [0.15, 0.2) is 0 Å². The third-order valence-corrected chi connectivity index (χ3v) is 4.00. The van der Waals surface area contributed by atoms with Crippen LogP contribution in [0.3, 0.4) is 0 Å². The normalized spacial score (nSPS) is 23.3. The molecule has 0 bridgehead atoms. The smallest absolute Gasteiger partial charge is 0.269 e. The van der Waals surface area contributed by atoms with Crippen LogP contribution >= 0.6 is 0 Å². The minimum Gasteiger partial charge on any atom is -0.348 e. The van der Waals surface area contributed by atoms with E-state index in [1.807, 2.05) is 27.1 Å². The van der Waals surface area contributed by atoms with Crippen LogP contribution in [-0.2, 0) is 13.5 Å². The number of carbonyl (C=O) groups excluding carboxylic acids is 1. The van der Waals surface area contributed by atoms with Crippen molar-refractivity contribution in [2.75, 3.05) is 7.05 Å². The maximum Gasteiger partial charge on any atom is 0.269 e. The van der Waals surface area contributed by atoms with Crippen molar-refractivity contribution < 1.29 is 4.79 Å². The highest BCUT2D eigenvalue weighted by molar-refractivity contribution is 5.92. The van der Waals surface area contributed by atoms with Crippen LogP contribution in [0.1, 0.15) is 48.8 Å². The minimum absolute atomic E-state index is 0.00241. The Morgan fingerprint density at radius 1 is 1.37 bits per heavy atom. The van der Waals surface area contributed by atoms with E-state index in [2.05, 4.69) is 15.7 Å². The monoisotopic (exact) mass is 264 g/mol. The van der Waals surface area contributed by atoms with Gasteiger partial charge in [0.1, 0.15) is 5.69 Å². The predicted molar refractivity (Wildman–Crippen MR) is 75.2 cm³/mol. The van der Waals surface area contributed by atoms with E-state index in [1.165, 1.54) is 0 Å². The molecule has 5 nitrogen and oxygen atoms in total. The molecule has 0 unspecified atom stereocenters. The van der Waals surface area contributed by atoms with Crippen molar-refractivity contribution in [1.82, 2.24) is 20.4 Å². The number of nitrogens with zero attached hydrogens (tertiary/aromatic N) is 2. The predicted octanol–water partition coefficient (Wildman–Crippen LogP) is 1.24. The Kier molecular flexibility index (Phi) is 4.58. The summed E-state index contributed by atoms with van der Waals surface area (Å²) in [4.78, 5) is 12.2. The summed E-state index contributed by atoms with van der Waals surface area (Å²) in [6, 6.07) is 2.79. The molecule has 1 aromatic rings.